The Morgan fingerprint density at radius 3 is 2.61 bits per heavy atom. The molecule has 0 saturated carbocycles. The molecule has 3 N–H and O–H groups in total. The predicted octanol–water partition coefficient (Wildman–Crippen LogP) is 3.17. The topological polar surface area (TPSA) is 74.8 Å². The fraction of sp³-hybridized carbons (Fsp3) is 0.263. The van der Waals surface area contributed by atoms with E-state index in [-0.39, 0.29) is 18.2 Å². The van der Waals surface area contributed by atoms with E-state index in [4.69, 9.17) is 11.6 Å². The molecule has 0 aliphatic rings. The summed E-state index contributed by atoms with van der Waals surface area (Å²) in [4.78, 5) is 15.8. The Morgan fingerprint density at radius 1 is 1.18 bits per heavy atom. The summed E-state index contributed by atoms with van der Waals surface area (Å²) in [7, 11) is 3.16. The minimum Gasteiger partial charge on any atom is -0.434 e. The summed E-state index contributed by atoms with van der Waals surface area (Å²) in [6.45, 7) is -2.33. The largest absolute Gasteiger partial charge is 0.434 e. The second kappa shape index (κ2) is 10.5. The average Bonchev–Trinajstić information content (AvgIpc) is 2.69. The van der Waals surface area contributed by atoms with Gasteiger partial charge < -0.3 is 20.7 Å². The van der Waals surface area contributed by atoms with Crippen LogP contribution in [0.15, 0.2) is 47.5 Å². The Balaban J connectivity index is 1.99. The van der Waals surface area contributed by atoms with E-state index in [0.29, 0.717) is 28.7 Å². The average molecular weight is 411 g/mol. The third-order valence-corrected chi connectivity index (χ3v) is 4.02. The lowest BCUT2D eigenvalue weighted by molar-refractivity contribution is -0.0504. The highest BCUT2D eigenvalue weighted by Gasteiger charge is 2.11. The molecule has 0 fully saturated rings. The standard InChI is InChI=1S/C19H21ClF2N4O2/c1-23-17(27)13-5-3-4-12(8-13)10-25-19(24-2)26-11-14-9-15(20)6-7-16(14)28-18(21)22/h3-9,18H,10-11H2,1-2H3,(H,23,27)(H2,24,25,26). The van der Waals surface area contributed by atoms with Crippen molar-refractivity contribution in [2.75, 3.05) is 14.1 Å². The van der Waals surface area contributed by atoms with Gasteiger partial charge in [0.1, 0.15) is 5.75 Å². The van der Waals surface area contributed by atoms with E-state index in [1.54, 1.807) is 38.4 Å². The summed E-state index contributed by atoms with van der Waals surface area (Å²) >= 11 is 5.95. The number of benzene rings is 2. The van der Waals surface area contributed by atoms with Gasteiger partial charge in [0.05, 0.1) is 0 Å². The van der Waals surface area contributed by atoms with Crippen molar-refractivity contribution in [3.8, 4) is 5.75 Å². The van der Waals surface area contributed by atoms with Gasteiger partial charge in [-0.1, -0.05) is 23.7 Å². The van der Waals surface area contributed by atoms with E-state index >= 15 is 0 Å². The molecule has 6 nitrogen and oxygen atoms in total. The van der Waals surface area contributed by atoms with Crippen LogP contribution in [0.2, 0.25) is 5.02 Å². The van der Waals surface area contributed by atoms with Crippen LogP contribution < -0.4 is 20.7 Å². The molecule has 0 aliphatic carbocycles. The molecule has 0 aliphatic heterocycles. The monoisotopic (exact) mass is 410 g/mol. The maximum atomic E-state index is 12.5. The lowest BCUT2D eigenvalue weighted by Crippen LogP contribution is -2.36. The highest BCUT2D eigenvalue weighted by atomic mass is 35.5. The molecule has 0 saturated heterocycles. The van der Waals surface area contributed by atoms with Gasteiger partial charge >= 0.3 is 6.61 Å². The van der Waals surface area contributed by atoms with Gasteiger partial charge in [-0.3, -0.25) is 9.79 Å². The molecule has 0 aromatic heterocycles. The van der Waals surface area contributed by atoms with Crippen molar-refractivity contribution < 1.29 is 18.3 Å². The Labute approximate surface area is 166 Å². The van der Waals surface area contributed by atoms with Crippen molar-refractivity contribution in [1.29, 1.82) is 0 Å². The van der Waals surface area contributed by atoms with Crippen molar-refractivity contribution in [1.82, 2.24) is 16.0 Å². The molecule has 0 spiro atoms. The molecule has 150 valence electrons. The number of amides is 1. The highest BCUT2D eigenvalue weighted by Crippen LogP contribution is 2.24. The number of hydrogen-bond acceptors (Lipinski definition) is 3. The van der Waals surface area contributed by atoms with Gasteiger partial charge in [-0.25, -0.2) is 0 Å². The molecule has 9 heteroatoms. The van der Waals surface area contributed by atoms with Gasteiger partial charge in [-0.2, -0.15) is 8.78 Å². The number of carbonyl (C=O) groups excluding carboxylic acids is 1. The minimum absolute atomic E-state index is 0.0423. The molecule has 0 unspecified atom stereocenters. The highest BCUT2D eigenvalue weighted by molar-refractivity contribution is 6.30. The number of carbonyl (C=O) groups is 1. The minimum atomic E-state index is -2.93. The van der Waals surface area contributed by atoms with Gasteiger partial charge in [-0.15, -0.1) is 0 Å². The van der Waals surface area contributed by atoms with Gasteiger partial charge in [0.25, 0.3) is 5.91 Å². The smallest absolute Gasteiger partial charge is 0.387 e. The summed E-state index contributed by atoms with van der Waals surface area (Å²) in [6, 6.07) is 11.6. The summed E-state index contributed by atoms with van der Waals surface area (Å²) < 4.78 is 29.6. The first-order valence-electron chi connectivity index (χ1n) is 8.41. The number of guanidine groups is 1. The van der Waals surface area contributed by atoms with Crippen molar-refractivity contribution in [2.24, 2.45) is 4.99 Å². The van der Waals surface area contributed by atoms with Crippen LogP contribution >= 0.6 is 11.6 Å². The number of ether oxygens (including phenoxy) is 1. The van der Waals surface area contributed by atoms with E-state index in [2.05, 4.69) is 25.7 Å². The van der Waals surface area contributed by atoms with Gasteiger partial charge in [0, 0.05) is 43.3 Å². The number of halogens is 3. The van der Waals surface area contributed by atoms with Crippen molar-refractivity contribution in [2.45, 2.75) is 19.7 Å². The normalized spacial score (nSPS) is 11.3. The fourth-order valence-corrected chi connectivity index (χ4v) is 2.64. The fourth-order valence-electron chi connectivity index (χ4n) is 2.45. The molecule has 2 aromatic carbocycles. The zero-order valence-corrected chi connectivity index (χ0v) is 16.2. The zero-order chi connectivity index (χ0) is 20.5. The van der Waals surface area contributed by atoms with E-state index in [9.17, 15) is 13.6 Å². The molecular formula is C19H21ClF2N4O2. The molecule has 2 rings (SSSR count). The summed E-state index contributed by atoms with van der Waals surface area (Å²) in [5, 5.41) is 9.11. The van der Waals surface area contributed by atoms with Crippen LogP contribution in [0.25, 0.3) is 0 Å². The number of nitrogens with zero attached hydrogens (tertiary/aromatic N) is 1. The molecule has 28 heavy (non-hydrogen) atoms. The first-order chi connectivity index (χ1) is 13.4. The van der Waals surface area contributed by atoms with E-state index < -0.39 is 6.61 Å². The number of nitrogens with one attached hydrogen (secondary N) is 3. The van der Waals surface area contributed by atoms with Crippen molar-refractivity contribution >= 4 is 23.5 Å². The SMILES string of the molecule is CN=C(NCc1cccc(C(=O)NC)c1)NCc1cc(Cl)ccc1OC(F)F. The Bertz CT molecular complexity index is 846. The summed E-state index contributed by atoms with van der Waals surface area (Å²) in [5.74, 6) is 0.325. The van der Waals surface area contributed by atoms with Crippen LogP contribution in [0.3, 0.4) is 0 Å². The number of hydrogen-bond donors (Lipinski definition) is 3. The third-order valence-electron chi connectivity index (χ3n) is 3.78. The van der Waals surface area contributed by atoms with Crippen LogP contribution in [0.1, 0.15) is 21.5 Å². The van der Waals surface area contributed by atoms with Crippen LogP contribution in [-0.2, 0) is 13.1 Å². The summed E-state index contributed by atoms with van der Waals surface area (Å²) in [6.07, 6.45) is 0. The lowest BCUT2D eigenvalue weighted by atomic mass is 10.1. The van der Waals surface area contributed by atoms with Crippen molar-refractivity contribution in [3.63, 3.8) is 0 Å². The lowest BCUT2D eigenvalue weighted by Gasteiger charge is -2.15. The second-order valence-corrected chi connectivity index (χ2v) is 6.13. The van der Waals surface area contributed by atoms with Gasteiger partial charge in [0.15, 0.2) is 5.96 Å². The van der Waals surface area contributed by atoms with Crippen LogP contribution in [0.4, 0.5) is 8.78 Å². The van der Waals surface area contributed by atoms with Gasteiger partial charge in [-0.05, 0) is 35.9 Å². The van der Waals surface area contributed by atoms with Crippen LogP contribution in [0, 0.1) is 0 Å². The second-order valence-electron chi connectivity index (χ2n) is 5.69. The van der Waals surface area contributed by atoms with Gasteiger partial charge in [0.2, 0.25) is 0 Å². The van der Waals surface area contributed by atoms with E-state index in [1.165, 1.54) is 12.1 Å². The molecule has 1 amide bonds. The maximum absolute atomic E-state index is 12.5. The van der Waals surface area contributed by atoms with Crippen molar-refractivity contribution in [3.05, 3.63) is 64.2 Å². The molecule has 2 aromatic rings. The molecule has 0 atom stereocenters. The number of aliphatic imine (C=N–C) groups is 1. The third kappa shape index (κ3) is 6.38. The molecular weight excluding hydrogens is 390 g/mol. The molecule has 0 bridgehead atoms. The van der Waals surface area contributed by atoms with E-state index in [0.717, 1.165) is 5.56 Å². The van der Waals surface area contributed by atoms with Crippen LogP contribution in [-0.4, -0.2) is 32.6 Å². The Kier molecular flexibility index (Phi) is 8.01. The molecule has 0 heterocycles. The number of rotatable bonds is 7. The quantitative estimate of drug-likeness (QED) is 0.484. The maximum Gasteiger partial charge on any atom is 0.387 e. The Hall–Kier alpha value is -2.87. The first-order valence-corrected chi connectivity index (χ1v) is 8.79. The van der Waals surface area contributed by atoms with Crippen LogP contribution in [0.5, 0.6) is 5.75 Å². The van der Waals surface area contributed by atoms with E-state index in [1.807, 2.05) is 6.07 Å². The molecule has 0 radical (unpaired) electrons. The first kappa shape index (κ1) is 21.4. The Morgan fingerprint density at radius 2 is 1.93 bits per heavy atom. The summed E-state index contributed by atoms with van der Waals surface area (Å²) in [5.41, 5.74) is 1.91. The zero-order valence-electron chi connectivity index (χ0n) is 15.4. The number of alkyl halides is 2. The predicted molar refractivity (Wildman–Crippen MR) is 105 cm³/mol.